The Morgan fingerprint density at radius 1 is 1.12 bits per heavy atom. The maximum Gasteiger partial charge on any atom is 0.229 e. The molecule has 5 nitrogen and oxygen atoms in total. The standard InChI is InChI=1S/C20H19FN2O3/c21-14-2-1-3-18(11-14)26-17-8-4-15(5-9-17)22-20(25)13-10-19(24)23(12-13)16-6-7-16/h1-5,8-9,11,13,16H,6-7,10,12H2,(H,22,25). The summed E-state index contributed by atoms with van der Waals surface area (Å²) in [5, 5.41) is 2.85. The highest BCUT2D eigenvalue weighted by molar-refractivity contribution is 5.97. The average Bonchev–Trinajstić information content (AvgIpc) is 3.38. The molecule has 2 aromatic carbocycles. The van der Waals surface area contributed by atoms with Gasteiger partial charge in [-0.15, -0.1) is 0 Å². The summed E-state index contributed by atoms with van der Waals surface area (Å²) in [6, 6.07) is 13.1. The van der Waals surface area contributed by atoms with Gasteiger partial charge in [-0.3, -0.25) is 9.59 Å². The van der Waals surface area contributed by atoms with Crippen molar-refractivity contribution in [3.05, 3.63) is 54.3 Å². The number of carbonyl (C=O) groups excluding carboxylic acids is 2. The van der Waals surface area contributed by atoms with Crippen molar-refractivity contribution in [3.8, 4) is 11.5 Å². The summed E-state index contributed by atoms with van der Waals surface area (Å²) in [4.78, 5) is 26.2. The van der Waals surface area contributed by atoms with E-state index in [4.69, 9.17) is 4.74 Å². The van der Waals surface area contributed by atoms with Crippen molar-refractivity contribution in [2.45, 2.75) is 25.3 Å². The van der Waals surface area contributed by atoms with Crippen LogP contribution in [0.15, 0.2) is 48.5 Å². The van der Waals surface area contributed by atoms with Crippen LogP contribution in [0.1, 0.15) is 19.3 Å². The van der Waals surface area contributed by atoms with Crippen molar-refractivity contribution in [2.24, 2.45) is 5.92 Å². The molecule has 1 heterocycles. The third kappa shape index (κ3) is 3.69. The first-order valence-electron chi connectivity index (χ1n) is 8.72. The predicted octanol–water partition coefficient (Wildman–Crippen LogP) is 3.57. The second kappa shape index (κ2) is 6.78. The fraction of sp³-hybridized carbons (Fsp3) is 0.300. The number of ether oxygens (including phenoxy) is 1. The number of rotatable bonds is 5. The van der Waals surface area contributed by atoms with E-state index in [1.54, 1.807) is 36.4 Å². The number of nitrogens with zero attached hydrogens (tertiary/aromatic N) is 1. The fourth-order valence-electron chi connectivity index (χ4n) is 3.16. The first-order chi connectivity index (χ1) is 12.6. The number of amides is 2. The molecule has 0 bridgehead atoms. The molecule has 1 saturated carbocycles. The van der Waals surface area contributed by atoms with Gasteiger partial charge in [0.15, 0.2) is 0 Å². The van der Waals surface area contributed by atoms with Crippen molar-refractivity contribution in [1.82, 2.24) is 4.90 Å². The summed E-state index contributed by atoms with van der Waals surface area (Å²) < 4.78 is 18.8. The lowest BCUT2D eigenvalue weighted by Gasteiger charge is -2.15. The number of likely N-dealkylation sites (tertiary alicyclic amines) is 1. The van der Waals surface area contributed by atoms with Gasteiger partial charge in [-0.05, 0) is 49.2 Å². The number of hydrogen-bond donors (Lipinski definition) is 1. The molecular formula is C20H19FN2O3. The van der Waals surface area contributed by atoms with E-state index < -0.39 is 0 Å². The maximum atomic E-state index is 13.2. The molecule has 0 radical (unpaired) electrons. The van der Waals surface area contributed by atoms with Crippen LogP contribution in [-0.4, -0.2) is 29.3 Å². The Kier molecular flexibility index (Phi) is 4.32. The van der Waals surface area contributed by atoms with Gasteiger partial charge in [0.1, 0.15) is 17.3 Å². The molecule has 0 spiro atoms. The van der Waals surface area contributed by atoms with Crippen molar-refractivity contribution >= 4 is 17.5 Å². The lowest BCUT2D eigenvalue weighted by molar-refractivity contribution is -0.128. The van der Waals surface area contributed by atoms with Crippen LogP contribution in [0, 0.1) is 11.7 Å². The highest BCUT2D eigenvalue weighted by atomic mass is 19.1. The molecule has 2 aliphatic rings. The third-order valence-electron chi connectivity index (χ3n) is 4.67. The van der Waals surface area contributed by atoms with Crippen LogP contribution in [0.3, 0.4) is 0 Å². The maximum absolute atomic E-state index is 13.2. The van der Waals surface area contributed by atoms with Crippen molar-refractivity contribution in [3.63, 3.8) is 0 Å². The van der Waals surface area contributed by atoms with Crippen molar-refractivity contribution < 1.29 is 18.7 Å². The third-order valence-corrected chi connectivity index (χ3v) is 4.67. The van der Waals surface area contributed by atoms with E-state index in [2.05, 4.69) is 5.32 Å². The van der Waals surface area contributed by atoms with Gasteiger partial charge in [0, 0.05) is 30.8 Å². The lowest BCUT2D eigenvalue weighted by atomic mass is 10.1. The van der Waals surface area contributed by atoms with Gasteiger partial charge in [0.05, 0.1) is 5.92 Å². The molecule has 4 rings (SSSR count). The number of carbonyl (C=O) groups is 2. The van der Waals surface area contributed by atoms with Gasteiger partial charge in [0.25, 0.3) is 0 Å². The fourth-order valence-corrected chi connectivity index (χ4v) is 3.16. The second-order valence-electron chi connectivity index (χ2n) is 6.75. The summed E-state index contributed by atoms with van der Waals surface area (Å²) in [5.41, 5.74) is 0.638. The van der Waals surface area contributed by atoms with Crippen LogP contribution in [0.25, 0.3) is 0 Å². The number of nitrogens with one attached hydrogen (secondary N) is 1. The largest absolute Gasteiger partial charge is 0.457 e. The summed E-state index contributed by atoms with van der Waals surface area (Å²) in [7, 11) is 0. The Bertz CT molecular complexity index is 833. The van der Waals surface area contributed by atoms with Crippen molar-refractivity contribution in [2.75, 3.05) is 11.9 Å². The summed E-state index contributed by atoms with van der Waals surface area (Å²) in [6.45, 7) is 0.510. The molecule has 1 unspecified atom stereocenters. The number of benzene rings is 2. The first-order valence-corrected chi connectivity index (χ1v) is 8.72. The zero-order valence-electron chi connectivity index (χ0n) is 14.2. The number of anilines is 1. The minimum Gasteiger partial charge on any atom is -0.457 e. The number of hydrogen-bond acceptors (Lipinski definition) is 3. The average molecular weight is 354 g/mol. The molecule has 1 saturated heterocycles. The van der Waals surface area contributed by atoms with E-state index in [0.29, 0.717) is 29.8 Å². The molecule has 2 fully saturated rings. The molecule has 2 amide bonds. The topological polar surface area (TPSA) is 58.6 Å². The number of halogens is 1. The highest BCUT2D eigenvalue weighted by Gasteiger charge is 2.41. The van der Waals surface area contributed by atoms with E-state index in [1.165, 1.54) is 12.1 Å². The van der Waals surface area contributed by atoms with Gasteiger partial charge in [-0.2, -0.15) is 0 Å². The van der Waals surface area contributed by atoms with Gasteiger partial charge in [0.2, 0.25) is 11.8 Å². The Morgan fingerprint density at radius 2 is 1.88 bits per heavy atom. The molecule has 134 valence electrons. The Labute approximate surface area is 150 Å². The smallest absolute Gasteiger partial charge is 0.229 e. The van der Waals surface area contributed by atoms with Crippen LogP contribution >= 0.6 is 0 Å². The quantitative estimate of drug-likeness (QED) is 0.893. The van der Waals surface area contributed by atoms with E-state index in [-0.39, 0.29) is 30.0 Å². The predicted molar refractivity (Wildman–Crippen MR) is 94.4 cm³/mol. The minimum absolute atomic E-state index is 0.0755. The van der Waals surface area contributed by atoms with Crippen LogP contribution in [0.5, 0.6) is 11.5 Å². The Balaban J connectivity index is 1.35. The van der Waals surface area contributed by atoms with Crippen molar-refractivity contribution in [1.29, 1.82) is 0 Å². The second-order valence-corrected chi connectivity index (χ2v) is 6.75. The molecule has 26 heavy (non-hydrogen) atoms. The lowest BCUT2D eigenvalue weighted by Crippen LogP contribution is -2.29. The van der Waals surface area contributed by atoms with Crippen LogP contribution < -0.4 is 10.1 Å². The normalized spacial score (nSPS) is 19.5. The zero-order chi connectivity index (χ0) is 18.1. The monoisotopic (exact) mass is 354 g/mol. The molecule has 6 heteroatoms. The molecule has 2 aromatic rings. The van der Waals surface area contributed by atoms with E-state index in [9.17, 15) is 14.0 Å². The van der Waals surface area contributed by atoms with Gasteiger partial charge in [-0.1, -0.05) is 6.07 Å². The SMILES string of the molecule is O=C(Nc1ccc(Oc2cccc(F)c2)cc1)C1CC(=O)N(C2CC2)C1. The van der Waals surface area contributed by atoms with E-state index in [1.807, 2.05) is 4.90 Å². The molecule has 0 aromatic heterocycles. The molecule has 1 atom stereocenters. The van der Waals surface area contributed by atoms with E-state index >= 15 is 0 Å². The molecule has 1 aliphatic carbocycles. The minimum atomic E-state index is -0.363. The Morgan fingerprint density at radius 3 is 2.58 bits per heavy atom. The van der Waals surface area contributed by atoms with Crippen LogP contribution in [0.2, 0.25) is 0 Å². The highest BCUT2D eigenvalue weighted by Crippen LogP contribution is 2.33. The summed E-state index contributed by atoms with van der Waals surface area (Å²) >= 11 is 0. The zero-order valence-corrected chi connectivity index (χ0v) is 14.2. The van der Waals surface area contributed by atoms with Gasteiger partial charge < -0.3 is 15.0 Å². The Hall–Kier alpha value is -2.89. The van der Waals surface area contributed by atoms with Crippen LogP contribution in [0.4, 0.5) is 10.1 Å². The summed E-state index contributed by atoms with van der Waals surface area (Å²) in [6.07, 6.45) is 2.38. The van der Waals surface area contributed by atoms with E-state index in [0.717, 1.165) is 12.8 Å². The molecular weight excluding hydrogens is 335 g/mol. The summed E-state index contributed by atoms with van der Waals surface area (Å²) in [5.74, 6) is 0.229. The molecule has 1 aliphatic heterocycles. The first kappa shape index (κ1) is 16.6. The van der Waals surface area contributed by atoms with Crippen LogP contribution in [-0.2, 0) is 9.59 Å². The molecule has 1 N–H and O–H groups in total. The van der Waals surface area contributed by atoms with Gasteiger partial charge in [-0.25, -0.2) is 4.39 Å². The van der Waals surface area contributed by atoms with Gasteiger partial charge >= 0.3 is 0 Å².